The van der Waals surface area contributed by atoms with Gasteiger partial charge in [-0.2, -0.15) is 18.3 Å². The summed E-state index contributed by atoms with van der Waals surface area (Å²) in [5.41, 5.74) is 0.946. The highest BCUT2D eigenvalue weighted by molar-refractivity contribution is 6.32. The van der Waals surface area contributed by atoms with Crippen LogP contribution in [0.3, 0.4) is 0 Å². The average molecular weight is 408 g/mol. The molecule has 0 fully saturated rings. The van der Waals surface area contributed by atoms with Crippen molar-refractivity contribution in [1.29, 1.82) is 0 Å². The van der Waals surface area contributed by atoms with E-state index >= 15 is 0 Å². The zero-order valence-electron chi connectivity index (χ0n) is 14.9. The summed E-state index contributed by atoms with van der Waals surface area (Å²) < 4.78 is 40.3. The Morgan fingerprint density at radius 1 is 1.14 bits per heavy atom. The van der Waals surface area contributed by atoms with Crippen molar-refractivity contribution < 1.29 is 18.0 Å². The average Bonchev–Trinajstić information content (AvgIpc) is 3.09. The number of aromatic nitrogens is 2. The highest BCUT2D eigenvalue weighted by atomic mass is 35.5. The van der Waals surface area contributed by atoms with Crippen LogP contribution in [0.4, 0.5) is 13.2 Å². The Bertz CT molecular complexity index is 981. The minimum Gasteiger partial charge on any atom is -0.350 e. The molecule has 0 saturated heterocycles. The Labute approximate surface area is 164 Å². The number of alkyl halides is 3. The number of halogens is 4. The van der Waals surface area contributed by atoms with Gasteiger partial charge in [-0.3, -0.25) is 4.79 Å². The molecule has 0 spiro atoms. The van der Waals surface area contributed by atoms with Crippen LogP contribution in [0.5, 0.6) is 0 Å². The lowest BCUT2D eigenvalue weighted by atomic mass is 10.1. The number of hydrogen-bond acceptors (Lipinski definition) is 2. The van der Waals surface area contributed by atoms with E-state index in [0.717, 1.165) is 21.9 Å². The van der Waals surface area contributed by atoms with Gasteiger partial charge in [0.05, 0.1) is 10.7 Å². The van der Waals surface area contributed by atoms with Crippen molar-refractivity contribution in [3.05, 3.63) is 82.1 Å². The number of nitrogens with zero attached hydrogens (tertiary/aromatic N) is 2. The quantitative estimate of drug-likeness (QED) is 0.658. The monoisotopic (exact) mass is 407 g/mol. The molecule has 0 atom stereocenters. The first-order valence-electron chi connectivity index (χ1n) is 8.51. The largest absolute Gasteiger partial charge is 0.435 e. The van der Waals surface area contributed by atoms with Gasteiger partial charge in [-0.05, 0) is 31.0 Å². The van der Waals surface area contributed by atoms with Gasteiger partial charge < -0.3 is 5.32 Å². The number of carbonyl (C=O) groups excluding carboxylic acids is 1. The smallest absolute Gasteiger partial charge is 0.350 e. The number of amides is 1. The van der Waals surface area contributed by atoms with E-state index in [9.17, 15) is 18.0 Å². The molecule has 0 aliphatic carbocycles. The summed E-state index contributed by atoms with van der Waals surface area (Å²) in [5, 5.41) is 6.39. The maximum atomic E-state index is 13.1. The lowest BCUT2D eigenvalue weighted by Gasteiger charge is -2.10. The number of para-hydroxylation sites is 1. The molecule has 1 aromatic heterocycles. The van der Waals surface area contributed by atoms with E-state index in [4.69, 9.17) is 11.6 Å². The molecule has 1 amide bonds. The third-order valence-electron chi connectivity index (χ3n) is 4.13. The van der Waals surface area contributed by atoms with E-state index < -0.39 is 17.8 Å². The SMILES string of the molecule is Cc1ccc(CCNC(=O)c2cc(C(F)(F)F)nn2-c2ccccc2Cl)cc1. The fourth-order valence-corrected chi connectivity index (χ4v) is 2.87. The van der Waals surface area contributed by atoms with Crippen LogP contribution in [-0.4, -0.2) is 22.2 Å². The van der Waals surface area contributed by atoms with Gasteiger partial charge in [0.25, 0.3) is 5.91 Å². The lowest BCUT2D eigenvalue weighted by molar-refractivity contribution is -0.141. The first-order valence-corrected chi connectivity index (χ1v) is 8.89. The van der Waals surface area contributed by atoms with Crippen LogP contribution in [0.15, 0.2) is 54.6 Å². The van der Waals surface area contributed by atoms with Gasteiger partial charge in [-0.15, -0.1) is 0 Å². The van der Waals surface area contributed by atoms with Gasteiger partial charge in [0, 0.05) is 12.6 Å². The number of hydrogen-bond donors (Lipinski definition) is 1. The summed E-state index contributed by atoms with van der Waals surface area (Å²) in [6.45, 7) is 2.25. The van der Waals surface area contributed by atoms with Gasteiger partial charge in [0.1, 0.15) is 5.69 Å². The van der Waals surface area contributed by atoms with Crippen LogP contribution < -0.4 is 5.32 Å². The Hall–Kier alpha value is -2.80. The number of benzene rings is 2. The number of rotatable bonds is 5. The minimum absolute atomic E-state index is 0.188. The minimum atomic E-state index is -4.68. The predicted molar refractivity (Wildman–Crippen MR) is 101 cm³/mol. The summed E-state index contributed by atoms with van der Waals surface area (Å²) in [6.07, 6.45) is -4.12. The highest BCUT2D eigenvalue weighted by Crippen LogP contribution is 2.30. The van der Waals surface area contributed by atoms with Gasteiger partial charge in [-0.1, -0.05) is 53.6 Å². The van der Waals surface area contributed by atoms with E-state index in [1.165, 1.54) is 12.1 Å². The summed E-state index contributed by atoms with van der Waals surface area (Å²) in [7, 11) is 0. The lowest BCUT2D eigenvalue weighted by Crippen LogP contribution is -2.27. The van der Waals surface area contributed by atoms with Crippen LogP contribution in [0, 0.1) is 6.92 Å². The first-order chi connectivity index (χ1) is 13.3. The van der Waals surface area contributed by atoms with Gasteiger partial charge >= 0.3 is 6.18 Å². The summed E-state index contributed by atoms with van der Waals surface area (Å²) >= 11 is 6.08. The van der Waals surface area contributed by atoms with E-state index in [0.29, 0.717) is 6.42 Å². The van der Waals surface area contributed by atoms with Crippen LogP contribution in [0.25, 0.3) is 5.69 Å². The van der Waals surface area contributed by atoms with Crippen LogP contribution in [0.2, 0.25) is 5.02 Å². The van der Waals surface area contributed by atoms with E-state index in [1.54, 1.807) is 12.1 Å². The molecule has 8 heteroatoms. The molecule has 0 unspecified atom stereocenters. The van der Waals surface area contributed by atoms with Crippen molar-refractivity contribution in [3.8, 4) is 5.69 Å². The fraction of sp³-hybridized carbons (Fsp3) is 0.200. The van der Waals surface area contributed by atoms with Crippen molar-refractivity contribution in [2.75, 3.05) is 6.54 Å². The molecule has 2 aromatic carbocycles. The Balaban J connectivity index is 1.83. The molecule has 0 aliphatic rings. The molecule has 3 rings (SSSR count). The van der Waals surface area contributed by atoms with Gasteiger partial charge in [0.15, 0.2) is 5.69 Å². The molecule has 0 radical (unpaired) electrons. The maximum absolute atomic E-state index is 13.1. The van der Waals surface area contributed by atoms with Crippen molar-refractivity contribution in [3.63, 3.8) is 0 Å². The molecule has 28 heavy (non-hydrogen) atoms. The van der Waals surface area contributed by atoms with Crippen molar-refractivity contribution in [1.82, 2.24) is 15.1 Å². The second-order valence-electron chi connectivity index (χ2n) is 6.27. The van der Waals surface area contributed by atoms with Crippen LogP contribution in [-0.2, 0) is 12.6 Å². The van der Waals surface area contributed by atoms with Crippen LogP contribution in [0.1, 0.15) is 27.3 Å². The number of aryl methyl sites for hydroxylation is 1. The van der Waals surface area contributed by atoms with E-state index in [2.05, 4.69) is 10.4 Å². The van der Waals surface area contributed by atoms with E-state index in [1.807, 2.05) is 31.2 Å². The van der Waals surface area contributed by atoms with Crippen molar-refractivity contribution in [2.45, 2.75) is 19.5 Å². The Morgan fingerprint density at radius 2 is 1.82 bits per heavy atom. The first kappa shape index (κ1) is 19.9. The Morgan fingerprint density at radius 3 is 2.46 bits per heavy atom. The second-order valence-corrected chi connectivity index (χ2v) is 6.67. The Kier molecular flexibility index (Phi) is 5.74. The third-order valence-corrected chi connectivity index (χ3v) is 4.45. The third kappa shape index (κ3) is 4.54. The van der Waals surface area contributed by atoms with Crippen LogP contribution >= 0.6 is 11.6 Å². The summed E-state index contributed by atoms with van der Waals surface area (Å²) in [4.78, 5) is 12.6. The molecule has 146 valence electrons. The molecular formula is C20H17ClF3N3O. The molecule has 4 nitrogen and oxygen atoms in total. The predicted octanol–water partition coefficient (Wildman–Crippen LogP) is 4.83. The number of nitrogens with one attached hydrogen (secondary N) is 1. The summed E-state index contributed by atoms with van der Waals surface area (Å²) in [6, 6.07) is 14.8. The van der Waals surface area contributed by atoms with Crippen molar-refractivity contribution in [2.24, 2.45) is 0 Å². The molecule has 3 aromatic rings. The zero-order chi connectivity index (χ0) is 20.3. The van der Waals surface area contributed by atoms with Crippen molar-refractivity contribution >= 4 is 17.5 Å². The topological polar surface area (TPSA) is 46.9 Å². The second kappa shape index (κ2) is 8.06. The standard InChI is InChI=1S/C20H17ClF3N3O/c1-13-6-8-14(9-7-13)10-11-25-19(28)17-12-18(20(22,23)24)26-27(17)16-5-3-2-4-15(16)21/h2-9,12H,10-11H2,1H3,(H,25,28). The molecule has 0 saturated carbocycles. The zero-order valence-corrected chi connectivity index (χ0v) is 15.7. The van der Waals surface area contributed by atoms with E-state index in [-0.39, 0.29) is 22.9 Å². The summed E-state index contributed by atoms with van der Waals surface area (Å²) in [5.74, 6) is -0.657. The fourth-order valence-electron chi connectivity index (χ4n) is 2.65. The molecule has 0 bridgehead atoms. The molecule has 0 aliphatic heterocycles. The number of carbonyl (C=O) groups is 1. The van der Waals surface area contributed by atoms with Gasteiger partial charge in [0.2, 0.25) is 0 Å². The van der Waals surface area contributed by atoms with Gasteiger partial charge in [-0.25, -0.2) is 4.68 Å². The molecule has 1 heterocycles. The highest BCUT2D eigenvalue weighted by Gasteiger charge is 2.36. The normalized spacial score (nSPS) is 11.5. The molecule has 1 N–H and O–H groups in total. The maximum Gasteiger partial charge on any atom is 0.435 e. The molecular weight excluding hydrogens is 391 g/mol.